The summed E-state index contributed by atoms with van der Waals surface area (Å²) in [5, 5.41) is 2.77. The summed E-state index contributed by atoms with van der Waals surface area (Å²) in [6.45, 7) is 5.73. The molecule has 1 saturated heterocycles. The van der Waals surface area contributed by atoms with Crippen LogP contribution in [-0.4, -0.2) is 35.6 Å². The summed E-state index contributed by atoms with van der Waals surface area (Å²) in [4.78, 5) is 6.67. The molecule has 22 heavy (non-hydrogen) atoms. The predicted octanol–water partition coefficient (Wildman–Crippen LogP) is 4.53. The van der Waals surface area contributed by atoms with Crippen LogP contribution in [0.4, 0.5) is 0 Å². The zero-order chi connectivity index (χ0) is 15.4. The van der Waals surface area contributed by atoms with Crippen LogP contribution in [0.25, 0.3) is 10.8 Å². The highest BCUT2D eigenvalue weighted by atomic mass is 35.5. The van der Waals surface area contributed by atoms with Crippen molar-refractivity contribution in [2.75, 3.05) is 19.6 Å². The van der Waals surface area contributed by atoms with Gasteiger partial charge < -0.3 is 9.64 Å². The van der Waals surface area contributed by atoms with E-state index in [-0.39, 0.29) is 0 Å². The van der Waals surface area contributed by atoms with Crippen LogP contribution in [0.15, 0.2) is 30.6 Å². The Balaban J connectivity index is 1.62. The average Bonchev–Trinajstić information content (AvgIpc) is 2.54. The molecule has 0 amide bonds. The fourth-order valence-electron chi connectivity index (χ4n) is 3.02. The van der Waals surface area contributed by atoms with Crippen molar-refractivity contribution in [3.8, 4) is 5.75 Å². The van der Waals surface area contributed by atoms with Crippen molar-refractivity contribution in [2.24, 2.45) is 0 Å². The first kappa shape index (κ1) is 15.6. The Bertz CT molecular complexity index is 624. The monoisotopic (exact) mass is 318 g/mol. The number of ether oxygens (including phenoxy) is 1. The van der Waals surface area contributed by atoms with E-state index in [4.69, 9.17) is 16.3 Å². The van der Waals surface area contributed by atoms with E-state index in [9.17, 15) is 0 Å². The number of unbranched alkanes of at least 4 members (excludes halogenated alkanes) is 1. The van der Waals surface area contributed by atoms with Crippen molar-refractivity contribution in [1.29, 1.82) is 0 Å². The van der Waals surface area contributed by atoms with Gasteiger partial charge in [-0.3, -0.25) is 4.98 Å². The van der Waals surface area contributed by atoms with Crippen molar-refractivity contribution >= 4 is 22.4 Å². The summed E-state index contributed by atoms with van der Waals surface area (Å²) in [5.74, 6) is 0.871. The van der Waals surface area contributed by atoms with Gasteiger partial charge in [-0.05, 0) is 49.4 Å². The topological polar surface area (TPSA) is 25.4 Å². The Kier molecular flexibility index (Phi) is 5.16. The number of piperidine rings is 1. The smallest absolute Gasteiger partial charge is 0.121 e. The SMILES string of the molecule is CCCCN1CCC(Oc2cc(Cl)c3cnccc3c2)CC1. The summed E-state index contributed by atoms with van der Waals surface area (Å²) in [6, 6.07) is 5.95. The van der Waals surface area contributed by atoms with E-state index in [2.05, 4.69) is 22.9 Å². The van der Waals surface area contributed by atoms with Crippen molar-refractivity contribution in [3.63, 3.8) is 0 Å². The molecule has 1 aromatic heterocycles. The lowest BCUT2D eigenvalue weighted by Gasteiger charge is -2.32. The molecule has 2 heterocycles. The predicted molar refractivity (Wildman–Crippen MR) is 91.8 cm³/mol. The number of rotatable bonds is 5. The molecule has 1 aromatic carbocycles. The van der Waals surface area contributed by atoms with Crippen LogP contribution in [0, 0.1) is 0 Å². The maximum atomic E-state index is 6.33. The molecule has 1 aliphatic rings. The molecular formula is C18H23ClN2O. The second-order valence-electron chi connectivity index (χ2n) is 6.01. The lowest BCUT2D eigenvalue weighted by molar-refractivity contribution is 0.0999. The van der Waals surface area contributed by atoms with Crippen LogP contribution in [0.5, 0.6) is 5.75 Å². The van der Waals surface area contributed by atoms with E-state index in [1.165, 1.54) is 19.4 Å². The number of hydrogen-bond acceptors (Lipinski definition) is 3. The molecule has 3 nitrogen and oxygen atoms in total. The van der Waals surface area contributed by atoms with Gasteiger partial charge in [0.1, 0.15) is 11.9 Å². The number of nitrogens with zero attached hydrogens (tertiary/aromatic N) is 2. The Morgan fingerprint density at radius 3 is 2.91 bits per heavy atom. The molecular weight excluding hydrogens is 296 g/mol. The number of benzene rings is 1. The maximum absolute atomic E-state index is 6.33. The van der Waals surface area contributed by atoms with E-state index >= 15 is 0 Å². The average molecular weight is 319 g/mol. The first-order chi connectivity index (χ1) is 10.8. The van der Waals surface area contributed by atoms with E-state index in [0.717, 1.165) is 42.5 Å². The van der Waals surface area contributed by atoms with Gasteiger partial charge in [0.2, 0.25) is 0 Å². The van der Waals surface area contributed by atoms with Gasteiger partial charge in [0, 0.05) is 30.9 Å². The number of fused-ring (bicyclic) bond motifs is 1. The van der Waals surface area contributed by atoms with Gasteiger partial charge in [0.05, 0.1) is 5.02 Å². The molecule has 3 rings (SSSR count). The highest BCUT2D eigenvalue weighted by Crippen LogP contribution is 2.30. The quantitative estimate of drug-likeness (QED) is 0.809. The lowest BCUT2D eigenvalue weighted by Crippen LogP contribution is -2.38. The molecule has 0 N–H and O–H groups in total. The van der Waals surface area contributed by atoms with Crippen LogP contribution in [0.1, 0.15) is 32.6 Å². The minimum absolute atomic E-state index is 0.299. The second-order valence-corrected chi connectivity index (χ2v) is 6.42. The van der Waals surface area contributed by atoms with E-state index in [1.807, 2.05) is 12.1 Å². The molecule has 0 atom stereocenters. The summed E-state index contributed by atoms with van der Waals surface area (Å²) in [5.41, 5.74) is 0. The lowest BCUT2D eigenvalue weighted by atomic mass is 10.1. The molecule has 0 radical (unpaired) electrons. The summed E-state index contributed by atoms with van der Waals surface area (Å²) in [6.07, 6.45) is 8.63. The zero-order valence-electron chi connectivity index (χ0n) is 13.1. The molecule has 0 aliphatic carbocycles. The van der Waals surface area contributed by atoms with Gasteiger partial charge >= 0.3 is 0 Å². The molecule has 118 valence electrons. The van der Waals surface area contributed by atoms with Crippen LogP contribution in [0.3, 0.4) is 0 Å². The zero-order valence-corrected chi connectivity index (χ0v) is 13.9. The molecule has 1 fully saturated rings. The van der Waals surface area contributed by atoms with Crippen LogP contribution < -0.4 is 4.74 Å². The van der Waals surface area contributed by atoms with Gasteiger partial charge in [0.15, 0.2) is 0 Å². The minimum Gasteiger partial charge on any atom is -0.490 e. The Morgan fingerprint density at radius 2 is 2.14 bits per heavy atom. The first-order valence-corrected chi connectivity index (χ1v) is 8.56. The van der Waals surface area contributed by atoms with Gasteiger partial charge in [-0.15, -0.1) is 0 Å². The van der Waals surface area contributed by atoms with E-state index in [1.54, 1.807) is 12.4 Å². The van der Waals surface area contributed by atoms with Crippen molar-refractivity contribution < 1.29 is 4.74 Å². The number of halogens is 1. The molecule has 1 aliphatic heterocycles. The maximum Gasteiger partial charge on any atom is 0.121 e. The largest absolute Gasteiger partial charge is 0.490 e. The molecule has 2 aromatic rings. The third-order valence-corrected chi connectivity index (χ3v) is 4.66. The van der Waals surface area contributed by atoms with E-state index in [0.29, 0.717) is 11.1 Å². The molecule has 0 unspecified atom stereocenters. The number of likely N-dealkylation sites (tertiary alicyclic amines) is 1. The van der Waals surface area contributed by atoms with Crippen molar-refractivity contribution in [3.05, 3.63) is 35.6 Å². The fourth-order valence-corrected chi connectivity index (χ4v) is 3.29. The van der Waals surface area contributed by atoms with Crippen molar-refractivity contribution in [2.45, 2.75) is 38.7 Å². The van der Waals surface area contributed by atoms with E-state index < -0.39 is 0 Å². The summed E-state index contributed by atoms with van der Waals surface area (Å²) in [7, 11) is 0. The molecule has 0 bridgehead atoms. The van der Waals surface area contributed by atoms with Crippen LogP contribution in [0.2, 0.25) is 5.02 Å². The standard InChI is InChI=1S/C18H23ClN2O/c1-2-3-8-21-9-5-15(6-10-21)22-16-11-14-4-7-20-13-17(14)18(19)12-16/h4,7,11-13,15H,2-3,5-6,8-10H2,1H3. The van der Waals surface area contributed by atoms with Crippen molar-refractivity contribution in [1.82, 2.24) is 9.88 Å². The minimum atomic E-state index is 0.299. The van der Waals surface area contributed by atoms with Crippen LogP contribution >= 0.6 is 11.6 Å². The third kappa shape index (κ3) is 3.71. The van der Waals surface area contributed by atoms with Gasteiger partial charge in [-0.2, -0.15) is 0 Å². The molecule has 4 heteroatoms. The van der Waals surface area contributed by atoms with Crippen LogP contribution in [-0.2, 0) is 0 Å². The Hall–Kier alpha value is -1.32. The Labute approximate surface area is 137 Å². The first-order valence-electron chi connectivity index (χ1n) is 8.18. The third-order valence-electron chi connectivity index (χ3n) is 4.34. The second kappa shape index (κ2) is 7.30. The fraction of sp³-hybridized carbons (Fsp3) is 0.500. The Morgan fingerprint density at radius 1 is 1.32 bits per heavy atom. The molecule has 0 spiro atoms. The number of hydrogen-bond donors (Lipinski definition) is 0. The highest BCUT2D eigenvalue weighted by molar-refractivity contribution is 6.35. The summed E-state index contributed by atoms with van der Waals surface area (Å²) < 4.78 is 6.17. The van der Waals surface area contributed by atoms with Gasteiger partial charge in [-0.1, -0.05) is 24.9 Å². The number of pyridine rings is 1. The molecule has 0 saturated carbocycles. The number of aromatic nitrogens is 1. The highest BCUT2D eigenvalue weighted by Gasteiger charge is 2.20. The summed E-state index contributed by atoms with van der Waals surface area (Å²) >= 11 is 6.33. The van der Waals surface area contributed by atoms with Gasteiger partial charge in [0.25, 0.3) is 0 Å². The van der Waals surface area contributed by atoms with Gasteiger partial charge in [-0.25, -0.2) is 0 Å². The normalized spacial score (nSPS) is 17.0.